The molecule has 0 saturated heterocycles. The Labute approximate surface area is 129 Å². The van der Waals surface area contributed by atoms with Crippen molar-refractivity contribution in [3.8, 4) is 0 Å². The fraction of sp³-hybridized carbons (Fsp3) is 0.667. The highest BCUT2D eigenvalue weighted by atomic mass is 19.1. The third kappa shape index (κ3) is 7.58. The highest BCUT2D eigenvalue weighted by Crippen LogP contribution is 2.15. The zero-order valence-corrected chi connectivity index (χ0v) is 14.0. The second-order valence-corrected chi connectivity index (χ2v) is 6.82. The van der Waals surface area contributed by atoms with Crippen molar-refractivity contribution in [1.82, 2.24) is 4.90 Å². The van der Waals surface area contributed by atoms with E-state index in [9.17, 15) is 4.39 Å². The van der Waals surface area contributed by atoms with Crippen molar-refractivity contribution >= 4 is 0 Å². The van der Waals surface area contributed by atoms with E-state index in [4.69, 9.17) is 5.73 Å². The summed E-state index contributed by atoms with van der Waals surface area (Å²) in [5.41, 5.74) is 7.30. The van der Waals surface area contributed by atoms with Gasteiger partial charge in [-0.3, -0.25) is 0 Å². The molecule has 0 fully saturated rings. The fourth-order valence-electron chi connectivity index (χ4n) is 2.27. The Kier molecular flexibility index (Phi) is 7.91. The molecule has 0 bridgehead atoms. The smallest absolute Gasteiger partial charge is 0.123 e. The van der Waals surface area contributed by atoms with Gasteiger partial charge in [-0.2, -0.15) is 0 Å². The first-order valence-electron chi connectivity index (χ1n) is 8.12. The maximum absolute atomic E-state index is 13.0. The predicted molar refractivity (Wildman–Crippen MR) is 88.7 cm³/mol. The van der Waals surface area contributed by atoms with Crippen LogP contribution in [0.15, 0.2) is 24.3 Å². The average molecular weight is 294 g/mol. The van der Waals surface area contributed by atoms with Crippen LogP contribution in [0.5, 0.6) is 0 Å². The molecule has 21 heavy (non-hydrogen) atoms. The van der Waals surface area contributed by atoms with Crippen LogP contribution in [0.2, 0.25) is 0 Å². The Bertz CT molecular complexity index is 375. The Morgan fingerprint density at radius 3 is 1.86 bits per heavy atom. The molecule has 1 unspecified atom stereocenters. The number of benzene rings is 1. The van der Waals surface area contributed by atoms with Gasteiger partial charge in [-0.15, -0.1) is 0 Å². The lowest BCUT2D eigenvalue weighted by atomic mass is 10.0. The first kappa shape index (κ1) is 18.1. The molecule has 120 valence electrons. The first-order valence-corrected chi connectivity index (χ1v) is 8.12. The Balaban J connectivity index is 2.58. The van der Waals surface area contributed by atoms with Gasteiger partial charge in [0.1, 0.15) is 5.82 Å². The molecule has 0 aliphatic heterocycles. The van der Waals surface area contributed by atoms with E-state index in [1.165, 1.54) is 25.0 Å². The van der Waals surface area contributed by atoms with E-state index >= 15 is 0 Å². The van der Waals surface area contributed by atoms with Gasteiger partial charge in [0.05, 0.1) is 0 Å². The molecule has 1 atom stereocenters. The van der Waals surface area contributed by atoms with Gasteiger partial charge in [-0.25, -0.2) is 4.39 Å². The molecule has 1 rings (SSSR count). The third-order valence-electron chi connectivity index (χ3n) is 3.80. The minimum absolute atomic E-state index is 0.0510. The summed E-state index contributed by atoms with van der Waals surface area (Å²) in [5.74, 6) is 1.20. The highest BCUT2D eigenvalue weighted by Gasteiger charge is 2.13. The second kappa shape index (κ2) is 9.16. The highest BCUT2D eigenvalue weighted by molar-refractivity contribution is 5.19. The van der Waals surface area contributed by atoms with Crippen LogP contribution in [0.4, 0.5) is 4.39 Å². The molecule has 0 saturated carbocycles. The van der Waals surface area contributed by atoms with Crippen molar-refractivity contribution in [3.63, 3.8) is 0 Å². The van der Waals surface area contributed by atoms with Gasteiger partial charge in [0.25, 0.3) is 0 Å². The van der Waals surface area contributed by atoms with Crippen LogP contribution in [0.3, 0.4) is 0 Å². The van der Waals surface area contributed by atoms with Crippen LogP contribution in [-0.4, -0.2) is 24.5 Å². The zero-order valence-electron chi connectivity index (χ0n) is 14.0. The molecular weight excluding hydrogens is 263 g/mol. The maximum Gasteiger partial charge on any atom is 0.123 e. The first-order chi connectivity index (χ1) is 9.88. The van der Waals surface area contributed by atoms with Gasteiger partial charge in [0, 0.05) is 12.6 Å². The molecule has 3 heteroatoms. The van der Waals surface area contributed by atoms with Gasteiger partial charge in [-0.1, -0.05) is 39.8 Å². The van der Waals surface area contributed by atoms with Gasteiger partial charge in [0.2, 0.25) is 0 Å². The van der Waals surface area contributed by atoms with Crippen LogP contribution in [-0.2, 0) is 0 Å². The topological polar surface area (TPSA) is 29.3 Å². The quantitative estimate of drug-likeness (QED) is 0.739. The summed E-state index contributed by atoms with van der Waals surface area (Å²) in [4.78, 5) is 2.45. The van der Waals surface area contributed by atoms with E-state index in [-0.39, 0.29) is 11.9 Å². The normalized spacial score (nSPS) is 13.4. The van der Waals surface area contributed by atoms with Gasteiger partial charge < -0.3 is 10.6 Å². The Morgan fingerprint density at radius 1 is 0.952 bits per heavy atom. The lowest BCUT2D eigenvalue weighted by molar-refractivity contribution is 0.230. The molecule has 1 aromatic carbocycles. The van der Waals surface area contributed by atoms with Crippen LogP contribution in [0.25, 0.3) is 0 Å². The van der Waals surface area contributed by atoms with E-state index in [0.717, 1.165) is 25.2 Å². The van der Waals surface area contributed by atoms with Crippen molar-refractivity contribution in [2.45, 2.75) is 46.6 Å². The Morgan fingerprint density at radius 2 is 1.43 bits per heavy atom. The Hall–Kier alpha value is -0.930. The molecule has 2 nitrogen and oxygen atoms in total. The number of hydrogen-bond donors (Lipinski definition) is 1. The lowest BCUT2D eigenvalue weighted by Gasteiger charge is -2.27. The van der Waals surface area contributed by atoms with Gasteiger partial charge in [0.15, 0.2) is 0 Å². The number of halogens is 1. The summed E-state index contributed by atoms with van der Waals surface area (Å²) < 4.78 is 13.0. The minimum atomic E-state index is -0.206. The molecule has 0 radical (unpaired) electrons. The molecule has 1 aromatic rings. The van der Waals surface area contributed by atoms with Crippen molar-refractivity contribution in [2.75, 3.05) is 19.6 Å². The summed E-state index contributed by atoms with van der Waals surface area (Å²) in [5, 5.41) is 0. The van der Waals surface area contributed by atoms with E-state index < -0.39 is 0 Å². The molecule has 2 N–H and O–H groups in total. The van der Waals surface area contributed by atoms with Gasteiger partial charge in [-0.05, 0) is 55.5 Å². The summed E-state index contributed by atoms with van der Waals surface area (Å²) in [6.07, 6.45) is 2.38. The summed E-state index contributed by atoms with van der Waals surface area (Å²) in [6.45, 7) is 12.0. The summed E-state index contributed by atoms with van der Waals surface area (Å²) in [6, 6.07) is 6.51. The van der Waals surface area contributed by atoms with Crippen LogP contribution >= 0.6 is 0 Å². The van der Waals surface area contributed by atoms with Crippen molar-refractivity contribution in [2.24, 2.45) is 17.6 Å². The van der Waals surface area contributed by atoms with Crippen LogP contribution < -0.4 is 5.73 Å². The zero-order chi connectivity index (χ0) is 15.8. The monoisotopic (exact) mass is 294 g/mol. The van der Waals surface area contributed by atoms with E-state index in [0.29, 0.717) is 11.8 Å². The van der Waals surface area contributed by atoms with Crippen molar-refractivity contribution < 1.29 is 4.39 Å². The molecule has 0 aliphatic rings. The van der Waals surface area contributed by atoms with Crippen LogP contribution in [0.1, 0.15) is 52.1 Å². The maximum atomic E-state index is 13.0. The van der Waals surface area contributed by atoms with E-state index in [1.54, 1.807) is 12.1 Å². The van der Waals surface area contributed by atoms with E-state index in [1.807, 2.05) is 0 Å². The molecule has 0 heterocycles. The van der Waals surface area contributed by atoms with E-state index in [2.05, 4.69) is 32.6 Å². The number of hydrogen-bond acceptors (Lipinski definition) is 2. The van der Waals surface area contributed by atoms with Gasteiger partial charge >= 0.3 is 0 Å². The average Bonchev–Trinajstić information content (AvgIpc) is 2.42. The minimum Gasteiger partial charge on any atom is -0.323 e. The molecule has 0 amide bonds. The predicted octanol–water partition coefficient (Wildman–Crippen LogP) is 4.22. The number of rotatable bonds is 9. The SMILES string of the molecule is CC(C)CCN(CCC(C)C)CC(N)c1ccc(F)cc1. The van der Waals surface area contributed by atoms with Crippen LogP contribution in [0, 0.1) is 17.7 Å². The molecule has 0 spiro atoms. The number of nitrogens with zero attached hydrogens (tertiary/aromatic N) is 1. The summed E-state index contributed by atoms with van der Waals surface area (Å²) in [7, 11) is 0. The second-order valence-electron chi connectivity index (χ2n) is 6.82. The summed E-state index contributed by atoms with van der Waals surface area (Å²) >= 11 is 0. The van der Waals surface area contributed by atoms with Crippen molar-refractivity contribution in [3.05, 3.63) is 35.6 Å². The molecule has 0 aliphatic carbocycles. The fourth-order valence-corrected chi connectivity index (χ4v) is 2.27. The lowest BCUT2D eigenvalue weighted by Crippen LogP contribution is -2.34. The molecular formula is C18H31FN2. The largest absolute Gasteiger partial charge is 0.323 e. The molecule has 0 aromatic heterocycles. The van der Waals surface area contributed by atoms with Crippen molar-refractivity contribution in [1.29, 1.82) is 0 Å². The number of nitrogens with two attached hydrogens (primary N) is 1. The standard InChI is InChI=1S/C18H31FN2/c1-14(2)9-11-21(12-10-15(3)4)13-18(20)16-5-7-17(19)8-6-16/h5-8,14-15,18H,9-13,20H2,1-4H3. The third-order valence-corrected chi connectivity index (χ3v) is 3.80.